The number of rotatable bonds is 6. The monoisotopic (exact) mass is 354 g/mol. The Morgan fingerprint density at radius 2 is 1.84 bits per heavy atom. The first-order chi connectivity index (χ1) is 11.7. The maximum absolute atomic E-state index is 12.9. The van der Waals surface area contributed by atoms with Crippen LogP contribution in [-0.4, -0.2) is 24.4 Å². The molecule has 0 heterocycles. The molecule has 0 saturated heterocycles. The molecule has 0 aliphatic carbocycles. The van der Waals surface area contributed by atoms with E-state index in [1.807, 2.05) is 0 Å². The van der Waals surface area contributed by atoms with E-state index in [4.69, 9.17) is 4.74 Å². The van der Waals surface area contributed by atoms with Gasteiger partial charge in [0.2, 0.25) is 0 Å². The average Bonchev–Trinajstić information content (AvgIpc) is 2.58. The first-order valence-electron chi connectivity index (χ1n) is 6.99. The van der Waals surface area contributed by atoms with Crippen molar-refractivity contribution in [3.63, 3.8) is 0 Å². The van der Waals surface area contributed by atoms with E-state index in [-0.39, 0.29) is 18.0 Å². The number of benzene rings is 2. The second kappa shape index (κ2) is 7.20. The number of alkyl halides is 3. The van der Waals surface area contributed by atoms with Crippen LogP contribution in [0.1, 0.15) is 15.9 Å². The number of hydrogen-bond donors (Lipinski definition) is 1. The van der Waals surface area contributed by atoms with Gasteiger partial charge in [0.05, 0.1) is 18.6 Å². The molecule has 0 saturated carbocycles. The van der Waals surface area contributed by atoms with Gasteiger partial charge >= 0.3 is 6.18 Å². The molecule has 0 unspecified atom stereocenters. The van der Waals surface area contributed by atoms with Gasteiger partial charge in [0, 0.05) is 17.3 Å². The molecule has 0 atom stereocenters. The van der Waals surface area contributed by atoms with Crippen LogP contribution in [0.3, 0.4) is 0 Å². The fourth-order valence-electron chi connectivity index (χ4n) is 2.09. The first kappa shape index (κ1) is 18.2. The summed E-state index contributed by atoms with van der Waals surface area (Å²) in [5.41, 5.74) is -2.11. The Bertz CT molecular complexity index is 789. The minimum Gasteiger partial charge on any atom is -0.497 e. The van der Waals surface area contributed by atoms with Crippen LogP contribution < -0.4 is 10.1 Å². The van der Waals surface area contributed by atoms with Crippen molar-refractivity contribution in [2.24, 2.45) is 0 Å². The summed E-state index contributed by atoms with van der Waals surface area (Å²) in [6, 6.07) is 8.71. The van der Waals surface area contributed by atoms with Crippen LogP contribution in [0.4, 0.5) is 24.5 Å². The van der Waals surface area contributed by atoms with E-state index >= 15 is 0 Å². The lowest BCUT2D eigenvalue weighted by molar-refractivity contribution is -0.388. The van der Waals surface area contributed by atoms with Crippen LogP contribution in [0.25, 0.3) is 0 Å². The zero-order valence-electron chi connectivity index (χ0n) is 13.0. The zero-order chi connectivity index (χ0) is 18.6. The van der Waals surface area contributed by atoms with Crippen molar-refractivity contribution in [1.82, 2.24) is 0 Å². The molecule has 0 spiro atoms. The highest BCUT2D eigenvalue weighted by atomic mass is 19.4. The van der Waals surface area contributed by atoms with E-state index in [1.165, 1.54) is 19.2 Å². The molecule has 0 radical (unpaired) electrons. The zero-order valence-corrected chi connectivity index (χ0v) is 13.0. The number of methoxy groups -OCH3 is 1. The average molecular weight is 354 g/mol. The van der Waals surface area contributed by atoms with E-state index in [0.717, 1.165) is 12.1 Å². The Kier molecular flexibility index (Phi) is 5.26. The van der Waals surface area contributed by atoms with E-state index in [2.05, 4.69) is 5.32 Å². The maximum atomic E-state index is 12.9. The summed E-state index contributed by atoms with van der Waals surface area (Å²) >= 11 is 0. The van der Waals surface area contributed by atoms with Gasteiger partial charge in [0.15, 0.2) is 5.78 Å². The number of hydrogen-bond acceptors (Lipinski definition) is 5. The highest BCUT2D eigenvalue weighted by Crippen LogP contribution is 2.37. The van der Waals surface area contributed by atoms with Crippen LogP contribution in [-0.2, 0) is 6.18 Å². The number of nitro benzene ring substituents is 1. The molecule has 25 heavy (non-hydrogen) atoms. The Hall–Kier alpha value is -3.10. The van der Waals surface area contributed by atoms with Gasteiger partial charge in [-0.2, -0.15) is 13.2 Å². The smallest absolute Gasteiger partial charge is 0.423 e. The van der Waals surface area contributed by atoms with Gasteiger partial charge < -0.3 is 10.1 Å². The molecule has 0 fully saturated rings. The van der Waals surface area contributed by atoms with Gasteiger partial charge in [-0.25, -0.2) is 0 Å². The second-order valence-corrected chi connectivity index (χ2v) is 4.99. The third-order valence-electron chi connectivity index (χ3n) is 3.36. The molecule has 9 heteroatoms. The number of anilines is 1. The molecule has 1 N–H and O–H groups in total. The summed E-state index contributed by atoms with van der Waals surface area (Å²) in [5, 5.41) is 13.3. The van der Waals surface area contributed by atoms with Crippen molar-refractivity contribution in [2.45, 2.75) is 6.18 Å². The number of carbonyl (C=O) groups excluding carboxylic acids is 1. The molecule has 0 aromatic heterocycles. The summed E-state index contributed by atoms with van der Waals surface area (Å²) < 4.78 is 43.7. The Morgan fingerprint density at radius 1 is 1.20 bits per heavy atom. The molecule has 2 aromatic carbocycles. The lowest BCUT2D eigenvalue weighted by atomic mass is 10.1. The molecule has 0 aliphatic rings. The summed E-state index contributed by atoms with van der Waals surface area (Å²) in [5.74, 6) is 0.212. The topological polar surface area (TPSA) is 81.5 Å². The van der Waals surface area contributed by atoms with Crippen LogP contribution in [0, 0.1) is 10.1 Å². The molecule has 132 valence electrons. The maximum Gasteiger partial charge on any atom is 0.423 e. The molecule has 2 aromatic rings. The van der Waals surface area contributed by atoms with Gasteiger partial charge in [-0.05, 0) is 36.4 Å². The first-order valence-corrected chi connectivity index (χ1v) is 6.99. The van der Waals surface area contributed by atoms with Crippen LogP contribution in [0.2, 0.25) is 0 Å². The van der Waals surface area contributed by atoms with Crippen LogP contribution >= 0.6 is 0 Å². The second-order valence-electron chi connectivity index (χ2n) is 4.99. The Balaban J connectivity index is 2.14. The van der Waals surface area contributed by atoms with E-state index in [9.17, 15) is 28.1 Å². The van der Waals surface area contributed by atoms with Crippen molar-refractivity contribution < 1.29 is 27.6 Å². The minimum absolute atomic E-state index is 0.0419. The predicted molar refractivity (Wildman–Crippen MR) is 83.9 cm³/mol. The standard InChI is InChI=1S/C16H13F3N2O4/c1-25-12-5-2-10(3-6-12)15(22)9-20-11-4-7-14(21(23)24)13(8-11)16(17,18)19/h2-8,20H,9H2,1H3. The van der Waals surface area contributed by atoms with Gasteiger partial charge in [0.1, 0.15) is 11.3 Å². The van der Waals surface area contributed by atoms with Gasteiger partial charge in [-0.1, -0.05) is 0 Å². The number of nitro groups is 1. The number of nitrogens with zero attached hydrogens (tertiary/aromatic N) is 1. The van der Waals surface area contributed by atoms with Gasteiger partial charge in [0.25, 0.3) is 5.69 Å². The van der Waals surface area contributed by atoms with E-state index in [0.29, 0.717) is 17.4 Å². The molecule has 0 amide bonds. The molecule has 2 rings (SSSR count). The van der Waals surface area contributed by atoms with Gasteiger partial charge in [-0.3, -0.25) is 14.9 Å². The molecule has 0 aliphatic heterocycles. The fourth-order valence-corrected chi connectivity index (χ4v) is 2.09. The summed E-state index contributed by atoms with van der Waals surface area (Å²) in [6.45, 7) is -0.262. The van der Waals surface area contributed by atoms with Crippen molar-refractivity contribution in [3.8, 4) is 5.75 Å². The number of halogens is 3. The predicted octanol–water partition coefficient (Wildman–Crippen LogP) is 3.92. The van der Waals surface area contributed by atoms with Crippen LogP contribution in [0.15, 0.2) is 42.5 Å². The number of carbonyl (C=O) groups is 1. The molecule has 0 bridgehead atoms. The van der Waals surface area contributed by atoms with Crippen LogP contribution in [0.5, 0.6) is 5.75 Å². The van der Waals surface area contributed by atoms with Gasteiger partial charge in [-0.15, -0.1) is 0 Å². The highest BCUT2D eigenvalue weighted by Gasteiger charge is 2.38. The molecule has 6 nitrogen and oxygen atoms in total. The normalized spacial score (nSPS) is 11.0. The van der Waals surface area contributed by atoms with Crippen molar-refractivity contribution in [3.05, 3.63) is 63.7 Å². The quantitative estimate of drug-likeness (QED) is 0.483. The van der Waals surface area contributed by atoms with Crippen molar-refractivity contribution in [2.75, 3.05) is 19.0 Å². The number of ketones is 1. The summed E-state index contributed by atoms with van der Waals surface area (Å²) in [4.78, 5) is 21.6. The third-order valence-corrected chi connectivity index (χ3v) is 3.36. The van der Waals surface area contributed by atoms with E-state index in [1.54, 1.807) is 12.1 Å². The summed E-state index contributed by atoms with van der Waals surface area (Å²) in [7, 11) is 1.48. The third kappa shape index (κ3) is 4.46. The number of ether oxygens (including phenoxy) is 1. The lowest BCUT2D eigenvalue weighted by Crippen LogP contribution is -2.15. The van der Waals surface area contributed by atoms with Crippen molar-refractivity contribution >= 4 is 17.2 Å². The number of Topliss-reactive ketones (excluding diaryl/α,β-unsaturated/α-hetero) is 1. The van der Waals surface area contributed by atoms with E-state index < -0.39 is 22.4 Å². The highest BCUT2D eigenvalue weighted by molar-refractivity contribution is 5.99. The summed E-state index contributed by atoms with van der Waals surface area (Å²) in [6.07, 6.45) is -4.87. The molecular formula is C16H13F3N2O4. The number of nitrogens with one attached hydrogen (secondary N) is 1. The minimum atomic E-state index is -4.87. The Labute approximate surface area is 140 Å². The fraction of sp³-hybridized carbons (Fsp3) is 0.188. The molecular weight excluding hydrogens is 341 g/mol. The SMILES string of the molecule is COc1ccc(C(=O)CNc2ccc([N+](=O)[O-])c(C(F)(F)F)c2)cc1. The largest absolute Gasteiger partial charge is 0.497 e. The Morgan fingerprint density at radius 3 is 2.36 bits per heavy atom. The van der Waals surface area contributed by atoms with Crippen molar-refractivity contribution in [1.29, 1.82) is 0 Å². The lowest BCUT2D eigenvalue weighted by Gasteiger charge is -2.11.